The molecule has 0 saturated heterocycles. The lowest BCUT2D eigenvalue weighted by molar-refractivity contribution is -0.200. The van der Waals surface area contributed by atoms with Gasteiger partial charge in [-0.1, -0.05) is 36.4 Å². The average Bonchev–Trinajstić information content (AvgIpc) is 2.84. The summed E-state index contributed by atoms with van der Waals surface area (Å²) >= 11 is 0. The number of aliphatic hydroxyl groups excluding tert-OH is 1. The molecule has 3 aromatic rings. The highest BCUT2D eigenvalue weighted by Gasteiger charge is 2.42. The summed E-state index contributed by atoms with van der Waals surface area (Å²) in [5.41, 5.74) is 1.88. The van der Waals surface area contributed by atoms with Crippen molar-refractivity contribution in [2.45, 2.75) is 38.1 Å². The zero-order valence-corrected chi connectivity index (χ0v) is 19.7. The van der Waals surface area contributed by atoms with Gasteiger partial charge in [-0.15, -0.1) is 0 Å². The van der Waals surface area contributed by atoms with Crippen molar-refractivity contribution in [3.8, 4) is 11.5 Å². The van der Waals surface area contributed by atoms with Crippen LogP contribution in [0, 0.1) is 0 Å². The van der Waals surface area contributed by atoms with Crippen LogP contribution in [0.4, 0.5) is 42.1 Å². The Morgan fingerprint density at radius 1 is 0.816 bits per heavy atom. The van der Waals surface area contributed by atoms with Crippen molar-refractivity contribution in [2.24, 2.45) is 0 Å². The minimum Gasteiger partial charge on any atom is -0.435 e. The molecule has 0 saturated carbocycles. The van der Waals surface area contributed by atoms with E-state index in [0.29, 0.717) is 22.5 Å². The number of nitrogens with zero attached hydrogens (tertiary/aromatic N) is 2. The van der Waals surface area contributed by atoms with Gasteiger partial charge in [-0.25, -0.2) is 0 Å². The van der Waals surface area contributed by atoms with Crippen molar-refractivity contribution in [1.29, 1.82) is 0 Å². The molecule has 1 heterocycles. The summed E-state index contributed by atoms with van der Waals surface area (Å²) in [5, 5.41) is 9.93. The second kappa shape index (κ2) is 11.4. The molecule has 38 heavy (non-hydrogen) atoms. The van der Waals surface area contributed by atoms with Gasteiger partial charge in [-0.05, 0) is 47.5 Å². The lowest BCUT2D eigenvalue weighted by Crippen LogP contribution is -2.49. The summed E-state index contributed by atoms with van der Waals surface area (Å²) in [5.74, 6) is -0.220. The molecule has 5 nitrogen and oxygen atoms in total. The van der Waals surface area contributed by atoms with Gasteiger partial charge in [-0.3, -0.25) is 0 Å². The number of anilines is 2. The minimum atomic E-state index is -4.89. The van der Waals surface area contributed by atoms with Crippen molar-refractivity contribution in [2.75, 3.05) is 22.9 Å². The van der Waals surface area contributed by atoms with Gasteiger partial charge in [0, 0.05) is 13.1 Å². The highest BCUT2D eigenvalue weighted by Crippen LogP contribution is 2.43. The van der Waals surface area contributed by atoms with E-state index in [1.165, 1.54) is 41.3 Å². The summed E-state index contributed by atoms with van der Waals surface area (Å²) in [7, 11) is 0. The van der Waals surface area contributed by atoms with Crippen molar-refractivity contribution in [3.63, 3.8) is 0 Å². The predicted octanol–water partition coefficient (Wildman–Crippen LogP) is 6.38. The molecule has 3 aromatic carbocycles. The van der Waals surface area contributed by atoms with Crippen molar-refractivity contribution in [3.05, 3.63) is 83.9 Å². The Hall–Kier alpha value is -3.67. The maximum absolute atomic E-state index is 13.4. The van der Waals surface area contributed by atoms with Gasteiger partial charge in [-0.2, -0.15) is 30.7 Å². The number of hydrogen-bond donors (Lipinski definition) is 1. The Balaban J connectivity index is 1.74. The van der Waals surface area contributed by atoms with Crippen LogP contribution < -0.4 is 19.3 Å². The second-order valence-corrected chi connectivity index (χ2v) is 8.57. The Morgan fingerprint density at radius 2 is 1.42 bits per heavy atom. The first-order chi connectivity index (χ1) is 18.0. The molecule has 0 fully saturated rings. The van der Waals surface area contributed by atoms with E-state index in [0.717, 1.165) is 0 Å². The number of alkyl halides is 7. The Bertz CT molecular complexity index is 1230. The van der Waals surface area contributed by atoms with E-state index in [2.05, 4.69) is 9.47 Å². The molecule has 0 bridgehead atoms. The number of β-amino-alcohol motifs (C(OH)–C–C–N with tert-alkyl or cyclic N) is 1. The third-order valence-electron chi connectivity index (χ3n) is 6.01. The maximum Gasteiger partial charge on any atom is 0.416 e. The number of rotatable bonds is 9. The van der Waals surface area contributed by atoms with Gasteiger partial charge < -0.3 is 24.4 Å². The lowest BCUT2D eigenvalue weighted by Gasteiger charge is -2.45. The van der Waals surface area contributed by atoms with Gasteiger partial charge in [0.05, 0.1) is 24.0 Å². The molecule has 1 aliphatic heterocycles. The summed E-state index contributed by atoms with van der Waals surface area (Å²) < 4.78 is 100. The Morgan fingerprint density at radius 3 is 2.05 bits per heavy atom. The number of ether oxygens (including phenoxy) is 2. The van der Waals surface area contributed by atoms with Gasteiger partial charge in [0.1, 0.15) is 11.5 Å². The quantitative estimate of drug-likeness (QED) is 0.317. The smallest absolute Gasteiger partial charge is 0.416 e. The van der Waals surface area contributed by atoms with Crippen LogP contribution in [0.15, 0.2) is 72.8 Å². The SMILES string of the molecule is OC(CN1c2ccccc2N(Cc2cccc(OC(F)F)c2)CC1c1cccc(OC(F)F)c1)C(F)(F)F. The summed E-state index contributed by atoms with van der Waals surface area (Å²) in [6.07, 6.45) is -7.56. The molecule has 0 radical (unpaired) electrons. The second-order valence-electron chi connectivity index (χ2n) is 8.57. The summed E-state index contributed by atoms with van der Waals surface area (Å²) in [6.45, 7) is -6.66. The van der Waals surface area contributed by atoms with Crippen molar-refractivity contribution < 1.29 is 45.3 Å². The topological polar surface area (TPSA) is 45.2 Å². The molecule has 0 amide bonds. The van der Waals surface area contributed by atoms with E-state index in [-0.39, 0.29) is 24.6 Å². The maximum atomic E-state index is 13.4. The minimum absolute atomic E-state index is 0.0499. The number of para-hydroxylation sites is 2. The number of fused-ring (bicyclic) bond motifs is 1. The first-order valence-corrected chi connectivity index (χ1v) is 11.4. The van der Waals surface area contributed by atoms with E-state index < -0.39 is 38.1 Å². The van der Waals surface area contributed by atoms with Crippen LogP contribution in [-0.2, 0) is 6.54 Å². The predicted molar refractivity (Wildman–Crippen MR) is 126 cm³/mol. The highest BCUT2D eigenvalue weighted by molar-refractivity contribution is 5.75. The summed E-state index contributed by atoms with van der Waals surface area (Å²) in [6, 6.07) is 17.4. The molecule has 12 heteroatoms. The van der Waals surface area contributed by atoms with Crippen LogP contribution in [0.5, 0.6) is 11.5 Å². The Labute approximate surface area is 213 Å². The number of hydrogen-bond acceptors (Lipinski definition) is 5. The van der Waals surface area contributed by atoms with E-state index in [1.807, 2.05) is 4.90 Å². The standard InChI is InChI=1S/C26H23F7N2O3/c27-24(28)37-18-7-3-5-16(11-18)13-34-14-22(17-6-4-8-19(12-17)38-25(29)30)35(15-23(36)26(31,32)33)21-10-2-1-9-20(21)34/h1-12,22-25,36H,13-15H2. The molecule has 204 valence electrons. The molecular formula is C26H23F7N2O3. The number of aliphatic hydroxyl groups is 1. The van der Waals surface area contributed by atoms with Crippen LogP contribution >= 0.6 is 0 Å². The van der Waals surface area contributed by atoms with Gasteiger partial charge in [0.25, 0.3) is 0 Å². The Kier molecular flexibility index (Phi) is 8.20. The van der Waals surface area contributed by atoms with Gasteiger partial charge in [0.15, 0.2) is 6.10 Å². The summed E-state index contributed by atoms with van der Waals surface area (Å²) in [4.78, 5) is 3.21. The lowest BCUT2D eigenvalue weighted by atomic mass is 9.98. The molecule has 2 unspecified atom stereocenters. The first-order valence-electron chi connectivity index (χ1n) is 11.4. The van der Waals surface area contributed by atoms with Crippen molar-refractivity contribution in [1.82, 2.24) is 0 Å². The van der Waals surface area contributed by atoms with E-state index >= 15 is 0 Å². The fourth-order valence-corrected chi connectivity index (χ4v) is 4.44. The monoisotopic (exact) mass is 544 g/mol. The fourth-order valence-electron chi connectivity index (χ4n) is 4.44. The number of benzene rings is 3. The molecular weight excluding hydrogens is 521 g/mol. The number of halogens is 7. The van der Waals surface area contributed by atoms with Crippen LogP contribution in [0.3, 0.4) is 0 Å². The molecule has 0 spiro atoms. The molecule has 0 aromatic heterocycles. The van der Waals surface area contributed by atoms with Crippen LogP contribution in [0.1, 0.15) is 17.2 Å². The molecule has 1 N–H and O–H groups in total. The van der Waals surface area contributed by atoms with E-state index in [4.69, 9.17) is 0 Å². The molecule has 1 aliphatic rings. The van der Waals surface area contributed by atoms with E-state index in [1.54, 1.807) is 36.4 Å². The normalized spacial score (nSPS) is 16.5. The molecule has 0 aliphatic carbocycles. The zero-order chi connectivity index (χ0) is 27.4. The largest absolute Gasteiger partial charge is 0.435 e. The van der Waals surface area contributed by atoms with Gasteiger partial charge in [0.2, 0.25) is 0 Å². The van der Waals surface area contributed by atoms with E-state index in [9.17, 15) is 35.8 Å². The van der Waals surface area contributed by atoms with Gasteiger partial charge >= 0.3 is 19.4 Å². The zero-order valence-electron chi connectivity index (χ0n) is 19.7. The van der Waals surface area contributed by atoms with Crippen LogP contribution in [0.25, 0.3) is 0 Å². The van der Waals surface area contributed by atoms with Crippen LogP contribution in [-0.4, -0.2) is 43.7 Å². The first kappa shape index (κ1) is 27.4. The molecule has 4 rings (SSSR count). The third-order valence-corrected chi connectivity index (χ3v) is 6.01. The fraction of sp³-hybridized carbons (Fsp3) is 0.308. The highest BCUT2D eigenvalue weighted by atomic mass is 19.4. The van der Waals surface area contributed by atoms with Crippen molar-refractivity contribution >= 4 is 11.4 Å². The van der Waals surface area contributed by atoms with Crippen LogP contribution in [0.2, 0.25) is 0 Å². The average molecular weight is 544 g/mol. The molecule has 2 atom stereocenters. The third kappa shape index (κ3) is 6.60.